The van der Waals surface area contributed by atoms with Crippen LogP contribution in [0.1, 0.15) is 24.3 Å². The molecule has 1 atom stereocenters. The van der Waals surface area contributed by atoms with Crippen LogP contribution in [0.15, 0.2) is 39.4 Å². The van der Waals surface area contributed by atoms with E-state index in [1.807, 2.05) is 30.3 Å². The van der Waals surface area contributed by atoms with Crippen molar-refractivity contribution < 1.29 is 13.9 Å². The summed E-state index contributed by atoms with van der Waals surface area (Å²) in [5.41, 5.74) is 1.06. The molecule has 20 heavy (non-hydrogen) atoms. The minimum atomic E-state index is -0.0221. The van der Waals surface area contributed by atoms with E-state index in [1.165, 1.54) is 0 Å². The molecule has 0 aliphatic rings. The zero-order chi connectivity index (χ0) is 14.5. The highest BCUT2D eigenvalue weighted by molar-refractivity contribution is 9.10. The highest BCUT2D eigenvalue weighted by atomic mass is 79.9. The lowest BCUT2D eigenvalue weighted by atomic mass is 10.0. The van der Waals surface area contributed by atoms with E-state index in [-0.39, 0.29) is 6.04 Å². The van der Waals surface area contributed by atoms with Gasteiger partial charge in [0, 0.05) is 0 Å². The zero-order valence-corrected chi connectivity index (χ0v) is 13.4. The minimum Gasteiger partial charge on any atom is -0.493 e. The number of nitrogens with one attached hydrogen (secondary N) is 1. The fourth-order valence-corrected chi connectivity index (χ4v) is 2.42. The molecule has 1 aromatic carbocycles. The molecule has 0 bridgehead atoms. The van der Waals surface area contributed by atoms with Crippen LogP contribution < -0.4 is 14.8 Å². The Labute approximate surface area is 127 Å². The van der Waals surface area contributed by atoms with Crippen molar-refractivity contribution >= 4 is 15.9 Å². The Balaban J connectivity index is 2.39. The van der Waals surface area contributed by atoms with Gasteiger partial charge in [0.1, 0.15) is 5.76 Å². The van der Waals surface area contributed by atoms with Gasteiger partial charge in [-0.25, -0.2) is 0 Å². The monoisotopic (exact) mass is 339 g/mol. The number of hydrogen-bond donors (Lipinski definition) is 1. The van der Waals surface area contributed by atoms with Crippen molar-refractivity contribution in [2.75, 3.05) is 20.8 Å². The van der Waals surface area contributed by atoms with E-state index < -0.39 is 0 Å². The molecule has 0 radical (unpaired) electrons. The molecule has 4 nitrogen and oxygen atoms in total. The summed E-state index contributed by atoms with van der Waals surface area (Å²) < 4.78 is 17.0. The SMILES string of the molecule is CCNC(c1ccc(OC)c(OC)c1)c1ccc(Br)o1. The average molecular weight is 340 g/mol. The van der Waals surface area contributed by atoms with Crippen molar-refractivity contribution in [3.8, 4) is 11.5 Å². The van der Waals surface area contributed by atoms with Crippen LogP contribution in [0.2, 0.25) is 0 Å². The molecule has 0 spiro atoms. The molecule has 0 aliphatic heterocycles. The van der Waals surface area contributed by atoms with Crippen LogP contribution in [0.4, 0.5) is 0 Å². The first-order chi connectivity index (χ1) is 9.69. The zero-order valence-electron chi connectivity index (χ0n) is 11.8. The largest absolute Gasteiger partial charge is 0.493 e. The van der Waals surface area contributed by atoms with Gasteiger partial charge in [0.15, 0.2) is 16.2 Å². The van der Waals surface area contributed by atoms with Gasteiger partial charge in [-0.05, 0) is 52.3 Å². The first-order valence-electron chi connectivity index (χ1n) is 6.40. The Morgan fingerprint density at radius 1 is 1.15 bits per heavy atom. The predicted octanol–water partition coefficient (Wildman–Crippen LogP) is 3.76. The van der Waals surface area contributed by atoms with Gasteiger partial charge in [0.05, 0.1) is 20.3 Å². The van der Waals surface area contributed by atoms with Gasteiger partial charge >= 0.3 is 0 Å². The maximum atomic E-state index is 5.66. The third kappa shape index (κ3) is 3.16. The highest BCUT2D eigenvalue weighted by Gasteiger charge is 2.18. The molecule has 1 aromatic heterocycles. The van der Waals surface area contributed by atoms with Crippen LogP contribution in [-0.2, 0) is 0 Å². The van der Waals surface area contributed by atoms with E-state index in [0.29, 0.717) is 11.5 Å². The molecule has 0 fully saturated rings. The number of methoxy groups -OCH3 is 2. The molecule has 0 saturated carbocycles. The average Bonchev–Trinajstić information content (AvgIpc) is 2.90. The summed E-state index contributed by atoms with van der Waals surface area (Å²) in [6.45, 7) is 2.89. The summed E-state index contributed by atoms with van der Waals surface area (Å²) >= 11 is 3.34. The molecular weight excluding hydrogens is 322 g/mol. The summed E-state index contributed by atoms with van der Waals surface area (Å²) in [5.74, 6) is 2.27. The van der Waals surface area contributed by atoms with Gasteiger partial charge in [0.25, 0.3) is 0 Å². The molecule has 1 N–H and O–H groups in total. The van der Waals surface area contributed by atoms with Crippen molar-refractivity contribution in [1.82, 2.24) is 5.32 Å². The first-order valence-corrected chi connectivity index (χ1v) is 7.19. The molecular formula is C15H18BrNO3. The second-order valence-electron chi connectivity index (χ2n) is 4.25. The fourth-order valence-electron chi connectivity index (χ4n) is 2.10. The van der Waals surface area contributed by atoms with Crippen LogP contribution in [-0.4, -0.2) is 20.8 Å². The van der Waals surface area contributed by atoms with Crippen LogP contribution >= 0.6 is 15.9 Å². The number of rotatable bonds is 6. The van der Waals surface area contributed by atoms with E-state index in [2.05, 4.69) is 28.2 Å². The highest BCUT2D eigenvalue weighted by Crippen LogP contribution is 2.33. The molecule has 0 saturated heterocycles. The molecule has 1 unspecified atom stereocenters. The number of benzene rings is 1. The minimum absolute atomic E-state index is 0.0221. The standard InChI is InChI=1S/C15H18BrNO3/c1-4-17-15(12-7-8-14(16)20-12)10-5-6-11(18-2)13(9-10)19-3/h5-9,15,17H,4H2,1-3H3. The van der Waals surface area contributed by atoms with Gasteiger partial charge in [-0.1, -0.05) is 13.0 Å². The Bertz CT molecular complexity index is 568. The molecule has 0 aliphatic carbocycles. The lowest BCUT2D eigenvalue weighted by molar-refractivity contribution is 0.353. The van der Waals surface area contributed by atoms with Gasteiger partial charge in [-0.3, -0.25) is 0 Å². The van der Waals surface area contributed by atoms with E-state index in [0.717, 1.165) is 22.5 Å². The molecule has 0 amide bonds. The number of ether oxygens (including phenoxy) is 2. The van der Waals surface area contributed by atoms with E-state index in [9.17, 15) is 0 Å². The lowest BCUT2D eigenvalue weighted by Gasteiger charge is -2.18. The first kappa shape index (κ1) is 14.9. The fraction of sp³-hybridized carbons (Fsp3) is 0.333. The topological polar surface area (TPSA) is 43.6 Å². The number of furan rings is 1. The van der Waals surface area contributed by atoms with Gasteiger partial charge in [0.2, 0.25) is 0 Å². The number of halogens is 1. The molecule has 2 aromatic rings. The maximum absolute atomic E-state index is 5.66. The normalized spacial score (nSPS) is 12.2. The lowest BCUT2D eigenvalue weighted by Crippen LogP contribution is -2.21. The quantitative estimate of drug-likeness (QED) is 0.870. The van der Waals surface area contributed by atoms with Crippen molar-refractivity contribution in [1.29, 1.82) is 0 Å². The smallest absolute Gasteiger partial charge is 0.169 e. The van der Waals surface area contributed by atoms with Crippen LogP contribution in [0.25, 0.3) is 0 Å². The third-order valence-electron chi connectivity index (χ3n) is 3.03. The Morgan fingerprint density at radius 3 is 2.45 bits per heavy atom. The Hall–Kier alpha value is -1.46. The number of hydrogen-bond acceptors (Lipinski definition) is 4. The van der Waals surface area contributed by atoms with Crippen molar-refractivity contribution in [3.05, 3.63) is 46.3 Å². The van der Waals surface area contributed by atoms with Crippen LogP contribution in [0.5, 0.6) is 11.5 Å². The summed E-state index contributed by atoms with van der Waals surface area (Å²) in [7, 11) is 3.26. The predicted molar refractivity (Wildman–Crippen MR) is 81.5 cm³/mol. The van der Waals surface area contributed by atoms with Crippen molar-refractivity contribution in [2.24, 2.45) is 0 Å². The van der Waals surface area contributed by atoms with Gasteiger partial charge in [-0.15, -0.1) is 0 Å². The molecule has 5 heteroatoms. The van der Waals surface area contributed by atoms with E-state index >= 15 is 0 Å². The Kier molecular flexibility index (Phi) is 5.09. The summed E-state index contributed by atoms with van der Waals surface area (Å²) in [4.78, 5) is 0. The van der Waals surface area contributed by atoms with Crippen molar-refractivity contribution in [3.63, 3.8) is 0 Å². The van der Waals surface area contributed by atoms with Crippen LogP contribution in [0, 0.1) is 0 Å². The van der Waals surface area contributed by atoms with Crippen LogP contribution in [0.3, 0.4) is 0 Å². The summed E-state index contributed by atoms with van der Waals surface area (Å²) in [6.07, 6.45) is 0. The summed E-state index contributed by atoms with van der Waals surface area (Å²) in [6, 6.07) is 9.68. The third-order valence-corrected chi connectivity index (χ3v) is 3.45. The van der Waals surface area contributed by atoms with Gasteiger partial charge < -0.3 is 19.2 Å². The van der Waals surface area contributed by atoms with Gasteiger partial charge in [-0.2, -0.15) is 0 Å². The van der Waals surface area contributed by atoms with Crippen molar-refractivity contribution in [2.45, 2.75) is 13.0 Å². The molecule has 108 valence electrons. The molecule has 1 heterocycles. The maximum Gasteiger partial charge on any atom is 0.169 e. The molecule has 2 rings (SSSR count). The second-order valence-corrected chi connectivity index (χ2v) is 5.03. The van der Waals surface area contributed by atoms with E-state index in [1.54, 1.807) is 14.2 Å². The van der Waals surface area contributed by atoms with E-state index in [4.69, 9.17) is 13.9 Å². The Morgan fingerprint density at radius 2 is 1.90 bits per heavy atom. The summed E-state index contributed by atoms with van der Waals surface area (Å²) in [5, 5.41) is 3.41. The second kappa shape index (κ2) is 6.81.